The van der Waals surface area contributed by atoms with E-state index in [0.29, 0.717) is 47.7 Å². The van der Waals surface area contributed by atoms with Gasteiger partial charge in [-0.2, -0.15) is 0 Å². The van der Waals surface area contributed by atoms with Crippen molar-refractivity contribution in [3.05, 3.63) is 52.1 Å². The third-order valence-electron chi connectivity index (χ3n) is 3.64. The fraction of sp³-hybridized carbons (Fsp3) is 0.444. The van der Waals surface area contributed by atoms with E-state index in [4.69, 9.17) is 16.1 Å². The summed E-state index contributed by atoms with van der Waals surface area (Å²) in [5.41, 5.74) is 1.42. The van der Waals surface area contributed by atoms with Crippen LogP contribution in [0, 0.1) is 5.82 Å². The van der Waals surface area contributed by atoms with E-state index >= 15 is 0 Å². The molecule has 0 amide bonds. The van der Waals surface area contributed by atoms with Crippen LogP contribution in [0.3, 0.4) is 0 Å². The summed E-state index contributed by atoms with van der Waals surface area (Å²) in [6, 6.07) is 6.62. The molecule has 144 valence electrons. The molecule has 2 N–H and O–H groups in total. The van der Waals surface area contributed by atoms with E-state index in [9.17, 15) is 4.39 Å². The number of hydrogen-bond acceptors (Lipinski definition) is 3. The van der Waals surface area contributed by atoms with Crippen LogP contribution in [0.15, 0.2) is 33.8 Å². The first kappa shape index (κ1) is 22.7. The quantitative estimate of drug-likeness (QED) is 0.338. The molecule has 2 rings (SSSR count). The lowest BCUT2D eigenvalue weighted by Gasteiger charge is -2.11. The van der Waals surface area contributed by atoms with Crippen LogP contribution in [0.5, 0.6) is 0 Å². The van der Waals surface area contributed by atoms with Crippen molar-refractivity contribution in [2.24, 2.45) is 4.99 Å². The third-order valence-corrected chi connectivity index (χ3v) is 3.99. The van der Waals surface area contributed by atoms with Crippen molar-refractivity contribution in [3.8, 4) is 0 Å². The molecule has 1 aromatic heterocycles. The van der Waals surface area contributed by atoms with Crippen molar-refractivity contribution in [1.29, 1.82) is 0 Å². The van der Waals surface area contributed by atoms with Gasteiger partial charge in [0, 0.05) is 29.7 Å². The summed E-state index contributed by atoms with van der Waals surface area (Å²) in [6.45, 7) is 7.72. The second kappa shape index (κ2) is 11.4. The summed E-state index contributed by atoms with van der Waals surface area (Å²) in [6.07, 6.45) is 0.468. The first-order valence-electron chi connectivity index (χ1n) is 8.41. The van der Waals surface area contributed by atoms with Gasteiger partial charge in [-0.25, -0.2) is 9.38 Å². The Kier molecular flexibility index (Phi) is 9.93. The van der Waals surface area contributed by atoms with Crippen LogP contribution in [0.2, 0.25) is 5.02 Å². The van der Waals surface area contributed by atoms with E-state index in [1.54, 1.807) is 12.1 Å². The molecule has 0 aliphatic heterocycles. The van der Waals surface area contributed by atoms with Gasteiger partial charge in [-0.15, -0.1) is 24.0 Å². The first-order valence-corrected chi connectivity index (χ1v) is 8.79. The molecular formula is C18H25ClFIN4O. The maximum Gasteiger partial charge on any atom is 0.191 e. The highest BCUT2D eigenvalue weighted by Gasteiger charge is 2.09. The first-order chi connectivity index (χ1) is 12.0. The Morgan fingerprint density at radius 3 is 2.73 bits per heavy atom. The van der Waals surface area contributed by atoms with E-state index in [1.807, 2.05) is 13.0 Å². The van der Waals surface area contributed by atoms with Gasteiger partial charge in [0.25, 0.3) is 0 Å². The van der Waals surface area contributed by atoms with E-state index in [-0.39, 0.29) is 29.8 Å². The molecule has 0 aliphatic carbocycles. The lowest BCUT2D eigenvalue weighted by Crippen LogP contribution is -2.38. The third kappa shape index (κ3) is 6.75. The summed E-state index contributed by atoms with van der Waals surface area (Å²) >= 11 is 6.04. The van der Waals surface area contributed by atoms with Crippen LogP contribution in [-0.4, -0.2) is 24.2 Å². The average molecular weight is 495 g/mol. The number of benzene rings is 1. The number of aromatic nitrogens is 1. The summed E-state index contributed by atoms with van der Waals surface area (Å²) < 4.78 is 19.1. The second-order valence-corrected chi connectivity index (χ2v) is 6.35. The predicted molar refractivity (Wildman–Crippen MR) is 114 cm³/mol. The normalized spacial score (nSPS) is 11.4. The zero-order chi connectivity index (χ0) is 18.2. The van der Waals surface area contributed by atoms with Gasteiger partial charge in [-0.3, -0.25) is 0 Å². The van der Waals surface area contributed by atoms with Gasteiger partial charge in [0.2, 0.25) is 0 Å². The molecule has 0 saturated heterocycles. The molecule has 0 saturated carbocycles. The lowest BCUT2D eigenvalue weighted by molar-refractivity contribution is 0.376. The van der Waals surface area contributed by atoms with Crippen LogP contribution in [-0.2, 0) is 13.0 Å². The van der Waals surface area contributed by atoms with Crippen molar-refractivity contribution >= 4 is 41.5 Å². The van der Waals surface area contributed by atoms with Gasteiger partial charge in [0.05, 0.1) is 5.69 Å². The van der Waals surface area contributed by atoms with Crippen LogP contribution in [0.4, 0.5) is 4.39 Å². The molecule has 0 aliphatic rings. The van der Waals surface area contributed by atoms with Crippen LogP contribution in [0.1, 0.15) is 43.7 Å². The van der Waals surface area contributed by atoms with Crippen LogP contribution >= 0.6 is 35.6 Å². The Morgan fingerprint density at radius 2 is 2.12 bits per heavy atom. The Labute approximate surface area is 175 Å². The maximum absolute atomic E-state index is 13.8. The number of guanidine groups is 1. The van der Waals surface area contributed by atoms with Gasteiger partial charge in [-0.1, -0.05) is 36.7 Å². The van der Waals surface area contributed by atoms with Crippen molar-refractivity contribution in [1.82, 2.24) is 15.8 Å². The fourth-order valence-electron chi connectivity index (χ4n) is 2.25. The average Bonchev–Trinajstić information content (AvgIpc) is 3.04. The van der Waals surface area contributed by atoms with E-state index in [2.05, 4.69) is 34.6 Å². The molecule has 1 heterocycles. The molecule has 0 atom stereocenters. The molecule has 5 nitrogen and oxygen atoms in total. The number of nitrogens with one attached hydrogen (secondary N) is 2. The van der Waals surface area contributed by atoms with Crippen LogP contribution in [0.25, 0.3) is 0 Å². The smallest absolute Gasteiger partial charge is 0.191 e. The van der Waals surface area contributed by atoms with Gasteiger partial charge in [0.15, 0.2) is 11.7 Å². The number of nitrogens with zero attached hydrogens (tertiary/aromatic N) is 2. The van der Waals surface area contributed by atoms with Crippen molar-refractivity contribution < 1.29 is 8.91 Å². The van der Waals surface area contributed by atoms with Gasteiger partial charge in [-0.05, 0) is 31.4 Å². The molecule has 0 spiro atoms. The topological polar surface area (TPSA) is 62.5 Å². The standard InChI is InChI=1S/C18H24ClFN4O.HI/c1-4-21-18(23-11-13-10-17(12(2)3)24-25-13)22-9-8-14-15(19)6-5-7-16(14)20;/h5-7,10,12H,4,8-9,11H2,1-3H3,(H2,21,22,23);1H. The Morgan fingerprint density at radius 1 is 1.35 bits per heavy atom. The number of halogens is 3. The Balaban J connectivity index is 0.00000338. The van der Waals surface area contributed by atoms with Gasteiger partial charge < -0.3 is 15.2 Å². The van der Waals surface area contributed by atoms with E-state index < -0.39 is 0 Å². The summed E-state index contributed by atoms with van der Waals surface area (Å²) in [5, 5.41) is 10.8. The van der Waals surface area contributed by atoms with Crippen LogP contribution < -0.4 is 10.6 Å². The highest BCUT2D eigenvalue weighted by Crippen LogP contribution is 2.19. The zero-order valence-corrected chi connectivity index (χ0v) is 18.3. The molecule has 8 heteroatoms. The molecular weight excluding hydrogens is 470 g/mol. The summed E-state index contributed by atoms with van der Waals surface area (Å²) in [5.74, 6) is 1.37. The van der Waals surface area contributed by atoms with E-state index in [1.165, 1.54) is 6.07 Å². The highest BCUT2D eigenvalue weighted by atomic mass is 127. The summed E-state index contributed by atoms with van der Waals surface area (Å²) in [7, 11) is 0. The molecule has 2 aromatic rings. The minimum atomic E-state index is -0.292. The second-order valence-electron chi connectivity index (χ2n) is 5.94. The highest BCUT2D eigenvalue weighted by molar-refractivity contribution is 14.0. The number of hydrogen-bond donors (Lipinski definition) is 2. The molecule has 0 bridgehead atoms. The van der Waals surface area contributed by atoms with E-state index in [0.717, 1.165) is 12.2 Å². The molecule has 0 radical (unpaired) electrons. The molecule has 0 unspecified atom stereocenters. The molecule has 26 heavy (non-hydrogen) atoms. The van der Waals surface area contributed by atoms with Crippen molar-refractivity contribution in [2.75, 3.05) is 13.1 Å². The maximum atomic E-state index is 13.8. The molecule has 1 aromatic carbocycles. The largest absolute Gasteiger partial charge is 0.359 e. The fourth-order valence-corrected chi connectivity index (χ4v) is 2.51. The Bertz CT molecular complexity index is 701. The minimum absolute atomic E-state index is 0. The monoisotopic (exact) mass is 494 g/mol. The number of aliphatic imine (C=N–C) groups is 1. The van der Waals surface area contributed by atoms with Crippen molar-refractivity contribution in [3.63, 3.8) is 0 Å². The zero-order valence-electron chi connectivity index (χ0n) is 15.2. The number of rotatable bonds is 7. The SMILES string of the molecule is CCNC(=NCc1cc(C(C)C)no1)NCCc1c(F)cccc1Cl.I. The molecule has 0 fully saturated rings. The lowest BCUT2D eigenvalue weighted by atomic mass is 10.1. The Hall–Kier alpha value is -1.35. The van der Waals surface area contributed by atoms with Gasteiger partial charge >= 0.3 is 0 Å². The predicted octanol–water partition coefficient (Wildman–Crippen LogP) is 4.51. The minimum Gasteiger partial charge on any atom is -0.359 e. The van der Waals surface area contributed by atoms with Gasteiger partial charge in [0.1, 0.15) is 12.4 Å². The summed E-state index contributed by atoms with van der Waals surface area (Å²) in [4.78, 5) is 4.47. The van der Waals surface area contributed by atoms with Crippen molar-refractivity contribution in [2.45, 2.75) is 39.7 Å².